The molecule has 1 aromatic rings. The molecule has 1 atom stereocenters. The minimum atomic E-state index is -0.212. The molecule has 0 aliphatic carbocycles. The van der Waals surface area contributed by atoms with Gasteiger partial charge in [0.25, 0.3) is 11.8 Å². The standard InChI is InChI=1S/C16H25N3O3/c1-4-8-18-15(20)10-22-14-9-12(6-7-13(14)17)16(21)19-11(3)5-2/h6-7,9,11H,4-5,8,10,17H2,1-3H3,(H,18,20)(H,19,21). The van der Waals surface area contributed by atoms with Crippen LogP contribution in [0.4, 0.5) is 5.69 Å². The van der Waals surface area contributed by atoms with E-state index in [0.29, 0.717) is 23.5 Å². The molecule has 0 spiro atoms. The first-order chi connectivity index (χ1) is 10.5. The topological polar surface area (TPSA) is 93.4 Å². The highest BCUT2D eigenvalue weighted by molar-refractivity contribution is 5.95. The molecule has 4 N–H and O–H groups in total. The summed E-state index contributed by atoms with van der Waals surface area (Å²) in [5, 5.41) is 5.58. The number of hydrogen-bond acceptors (Lipinski definition) is 4. The van der Waals surface area contributed by atoms with Crippen molar-refractivity contribution in [3.63, 3.8) is 0 Å². The lowest BCUT2D eigenvalue weighted by Gasteiger charge is -2.13. The van der Waals surface area contributed by atoms with E-state index in [1.807, 2.05) is 20.8 Å². The van der Waals surface area contributed by atoms with Crippen LogP contribution in [0.5, 0.6) is 5.75 Å². The summed E-state index contributed by atoms with van der Waals surface area (Å²) in [7, 11) is 0. The van der Waals surface area contributed by atoms with Crippen molar-refractivity contribution in [1.29, 1.82) is 0 Å². The fourth-order valence-corrected chi connectivity index (χ4v) is 1.67. The molecule has 0 aliphatic heterocycles. The number of nitrogens with one attached hydrogen (secondary N) is 2. The van der Waals surface area contributed by atoms with Gasteiger partial charge < -0.3 is 21.1 Å². The van der Waals surface area contributed by atoms with Gasteiger partial charge in [-0.2, -0.15) is 0 Å². The molecule has 0 saturated heterocycles. The third kappa shape index (κ3) is 5.63. The van der Waals surface area contributed by atoms with Crippen LogP contribution >= 0.6 is 0 Å². The first-order valence-electron chi connectivity index (χ1n) is 7.57. The number of anilines is 1. The Morgan fingerprint density at radius 2 is 2.05 bits per heavy atom. The van der Waals surface area contributed by atoms with Crippen LogP contribution in [0.3, 0.4) is 0 Å². The van der Waals surface area contributed by atoms with E-state index in [4.69, 9.17) is 10.5 Å². The molecular weight excluding hydrogens is 282 g/mol. The average molecular weight is 307 g/mol. The van der Waals surface area contributed by atoms with E-state index in [-0.39, 0.29) is 24.5 Å². The highest BCUT2D eigenvalue weighted by Crippen LogP contribution is 2.22. The van der Waals surface area contributed by atoms with Gasteiger partial charge in [0.1, 0.15) is 5.75 Å². The Balaban J connectivity index is 2.69. The van der Waals surface area contributed by atoms with Crippen molar-refractivity contribution in [3.05, 3.63) is 23.8 Å². The van der Waals surface area contributed by atoms with Gasteiger partial charge in [0.15, 0.2) is 6.61 Å². The van der Waals surface area contributed by atoms with Gasteiger partial charge in [0.2, 0.25) is 0 Å². The lowest BCUT2D eigenvalue weighted by atomic mass is 10.1. The number of ether oxygens (including phenoxy) is 1. The normalized spacial score (nSPS) is 11.6. The smallest absolute Gasteiger partial charge is 0.257 e. The molecule has 0 bridgehead atoms. The maximum Gasteiger partial charge on any atom is 0.257 e. The minimum Gasteiger partial charge on any atom is -0.482 e. The van der Waals surface area contributed by atoms with E-state index in [1.54, 1.807) is 18.2 Å². The zero-order chi connectivity index (χ0) is 16.5. The van der Waals surface area contributed by atoms with Crippen molar-refractivity contribution < 1.29 is 14.3 Å². The molecule has 6 nitrogen and oxygen atoms in total. The SMILES string of the molecule is CCCNC(=O)COc1cc(C(=O)NC(C)CC)ccc1N. The van der Waals surface area contributed by atoms with E-state index < -0.39 is 0 Å². The molecule has 1 aromatic carbocycles. The molecule has 1 unspecified atom stereocenters. The van der Waals surface area contributed by atoms with Crippen LogP contribution < -0.4 is 21.1 Å². The number of benzene rings is 1. The lowest BCUT2D eigenvalue weighted by Crippen LogP contribution is -2.32. The summed E-state index contributed by atoms with van der Waals surface area (Å²) in [5.41, 5.74) is 6.66. The van der Waals surface area contributed by atoms with Crippen LogP contribution in [-0.2, 0) is 4.79 Å². The second-order valence-electron chi connectivity index (χ2n) is 5.17. The number of nitrogens with two attached hydrogens (primary N) is 1. The van der Waals surface area contributed by atoms with Gasteiger partial charge in [-0.05, 0) is 38.0 Å². The summed E-state index contributed by atoms with van der Waals surface area (Å²) in [6, 6.07) is 4.89. The summed E-state index contributed by atoms with van der Waals surface area (Å²) in [6.45, 7) is 6.39. The maximum atomic E-state index is 12.1. The van der Waals surface area contributed by atoms with Gasteiger partial charge in [0, 0.05) is 18.2 Å². The summed E-state index contributed by atoms with van der Waals surface area (Å²) in [4.78, 5) is 23.6. The first-order valence-corrected chi connectivity index (χ1v) is 7.57. The second-order valence-corrected chi connectivity index (χ2v) is 5.17. The van der Waals surface area contributed by atoms with Crippen molar-refractivity contribution in [3.8, 4) is 5.75 Å². The fourth-order valence-electron chi connectivity index (χ4n) is 1.67. The second kappa shape index (κ2) is 8.92. The number of carbonyl (C=O) groups excluding carboxylic acids is 2. The number of rotatable bonds is 8. The Morgan fingerprint density at radius 3 is 2.68 bits per heavy atom. The number of amides is 2. The Hall–Kier alpha value is -2.24. The molecule has 122 valence electrons. The number of carbonyl (C=O) groups is 2. The Bertz CT molecular complexity index is 517. The van der Waals surface area contributed by atoms with E-state index >= 15 is 0 Å². The first kappa shape index (κ1) is 17.8. The zero-order valence-corrected chi connectivity index (χ0v) is 13.4. The van der Waals surface area contributed by atoms with E-state index in [0.717, 1.165) is 12.8 Å². The van der Waals surface area contributed by atoms with Crippen LogP contribution in [-0.4, -0.2) is 31.0 Å². The van der Waals surface area contributed by atoms with Crippen molar-refractivity contribution in [2.24, 2.45) is 0 Å². The molecule has 22 heavy (non-hydrogen) atoms. The van der Waals surface area contributed by atoms with Crippen LogP contribution in [0.2, 0.25) is 0 Å². The maximum absolute atomic E-state index is 12.1. The third-order valence-corrected chi connectivity index (χ3v) is 3.20. The lowest BCUT2D eigenvalue weighted by molar-refractivity contribution is -0.123. The molecule has 6 heteroatoms. The predicted octanol–water partition coefficient (Wildman–Crippen LogP) is 1.70. The zero-order valence-electron chi connectivity index (χ0n) is 13.4. The molecule has 0 radical (unpaired) electrons. The van der Waals surface area contributed by atoms with Crippen molar-refractivity contribution in [1.82, 2.24) is 10.6 Å². The minimum absolute atomic E-state index is 0.0919. The molecule has 1 rings (SSSR count). The molecule has 0 aliphatic rings. The average Bonchev–Trinajstić information content (AvgIpc) is 2.51. The van der Waals surface area contributed by atoms with Gasteiger partial charge in [-0.3, -0.25) is 9.59 Å². The van der Waals surface area contributed by atoms with Gasteiger partial charge in [0.05, 0.1) is 5.69 Å². The molecular formula is C16H25N3O3. The highest BCUT2D eigenvalue weighted by atomic mass is 16.5. The van der Waals surface area contributed by atoms with E-state index in [1.165, 1.54) is 0 Å². The fraction of sp³-hybridized carbons (Fsp3) is 0.500. The Kier molecular flexibility index (Phi) is 7.22. The summed E-state index contributed by atoms with van der Waals surface area (Å²) in [6.07, 6.45) is 1.71. The van der Waals surface area contributed by atoms with Crippen LogP contribution in [0.1, 0.15) is 44.0 Å². The molecule has 0 fully saturated rings. The van der Waals surface area contributed by atoms with E-state index in [9.17, 15) is 9.59 Å². The summed E-state index contributed by atoms with van der Waals surface area (Å²) >= 11 is 0. The van der Waals surface area contributed by atoms with Crippen LogP contribution in [0, 0.1) is 0 Å². The van der Waals surface area contributed by atoms with Crippen molar-refractivity contribution in [2.75, 3.05) is 18.9 Å². The van der Waals surface area contributed by atoms with Crippen LogP contribution in [0.25, 0.3) is 0 Å². The number of hydrogen-bond donors (Lipinski definition) is 3. The monoisotopic (exact) mass is 307 g/mol. The molecule has 0 saturated carbocycles. The van der Waals surface area contributed by atoms with Crippen molar-refractivity contribution in [2.45, 2.75) is 39.7 Å². The summed E-state index contributed by atoms with van der Waals surface area (Å²) in [5.74, 6) is -0.0613. The van der Waals surface area contributed by atoms with Gasteiger partial charge >= 0.3 is 0 Å². The quantitative estimate of drug-likeness (QED) is 0.637. The van der Waals surface area contributed by atoms with Gasteiger partial charge in [-0.25, -0.2) is 0 Å². The highest BCUT2D eigenvalue weighted by Gasteiger charge is 2.12. The van der Waals surface area contributed by atoms with E-state index in [2.05, 4.69) is 10.6 Å². The van der Waals surface area contributed by atoms with Crippen LogP contribution in [0.15, 0.2) is 18.2 Å². The molecule has 2 amide bonds. The third-order valence-electron chi connectivity index (χ3n) is 3.20. The Labute approximate surface area is 131 Å². The van der Waals surface area contributed by atoms with Crippen molar-refractivity contribution >= 4 is 17.5 Å². The Morgan fingerprint density at radius 1 is 1.32 bits per heavy atom. The number of nitrogen functional groups attached to an aromatic ring is 1. The predicted molar refractivity (Wildman–Crippen MR) is 86.9 cm³/mol. The molecule has 0 aromatic heterocycles. The molecule has 0 heterocycles. The van der Waals surface area contributed by atoms with Gasteiger partial charge in [-0.15, -0.1) is 0 Å². The largest absolute Gasteiger partial charge is 0.482 e. The summed E-state index contributed by atoms with van der Waals surface area (Å²) < 4.78 is 5.40. The van der Waals surface area contributed by atoms with Gasteiger partial charge in [-0.1, -0.05) is 13.8 Å².